The molecule has 0 radical (unpaired) electrons. The molecule has 0 saturated heterocycles. The first kappa shape index (κ1) is 15.8. The van der Waals surface area contributed by atoms with Crippen LogP contribution in [0.3, 0.4) is 0 Å². The molecule has 0 aliphatic carbocycles. The van der Waals surface area contributed by atoms with Gasteiger partial charge in [0.05, 0.1) is 17.2 Å². The largest absolute Gasteiger partial charge is 0.420 e. The zero-order valence-corrected chi connectivity index (χ0v) is 13.3. The van der Waals surface area contributed by atoms with E-state index >= 15 is 0 Å². The van der Waals surface area contributed by atoms with Gasteiger partial charge in [-0.25, -0.2) is 8.78 Å². The van der Waals surface area contributed by atoms with Gasteiger partial charge in [0, 0.05) is 5.56 Å². The van der Waals surface area contributed by atoms with Crippen molar-refractivity contribution in [1.29, 1.82) is 5.26 Å². The summed E-state index contributed by atoms with van der Waals surface area (Å²) in [6.45, 7) is 0. The lowest BCUT2D eigenvalue weighted by Crippen LogP contribution is -2.22. The van der Waals surface area contributed by atoms with E-state index in [1.54, 1.807) is 0 Å². The van der Waals surface area contributed by atoms with Crippen LogP contribution in [0.15, 0.2) is 60.0 Å². The molecule has 3 N–H and O–H groups in total. The highest BCUT2D eigenvalue weighted by Crippen LogP contribution is 2.46. The molecule has 5 nitrogen and oxygen atoms in total. The summed E-state index contributed by atoms with van der Waals surface area (Å²) in [5.74, 6) is -2.75. The fraction of sp³-hybridized carbons (Fsp3) is 0.0526. The van der Waals surface area contributed by atoms with E-state index in [2.05, 4.69) is 10.2 Å². The monoisotopic (exact) mass is 350 g/mol. The number of aromatic nitrogens is 2. The molecule has 2 aromatic carbocycles. The molecule has 0 unspecified atom stereocenters. The summed E-state index contributed by atoms with van der Waals surface area (Å²) in [5.41, 5.74) is 7.09. The van der Waals surface area contributed by atoms with Crippen molar-refractivity contribution in [3.05, 3.63) is 82.7 Å². The molecule has 26 heavy (non-hydrogen) atoms. The predicted molar refractivity (Wildman–Crippen MR) is 89.7 cm³/mol. The number of nitrogens with zero attached hydrogens (tertiary/aromatic N) is 2. The van der Waals surface area contributed by atoms with E-state index in [4.69, 9.17) is 10.5 Å². The first-order valence-corrected chi connectivity index (χ1v) is 7.77. The first-order valence-electron chi connectivity index (χ1n) is 7.77. The molecular weight excluding hydrogens is 338 g/mol. The number of nitrogens with one attached hydrogen (secondary N) is 1. The van der Waals surface area contributed by atoms with Gasteiger partial charge in [-0.05, 0) is 17.7 Å². The summed E-state index contributed by atoms with van der Waals surface area (Å²) in [6, 6.07) is 14.6. The highest BCUT2D eigenvalue weighted by molar-refractivity contribution is 5.70. The average Bonchev–Trinajstić information content (AvgIpc) is 3.05. The third kappa shape index (κ3) is 2.31. The summed E-state index contributed by atoms with van der Waals surface area (Å²) in [5, 5.41) is 16.5. The van der Waals surface area contributed by atoms with E-state index in [1.165, 1.54) is 6.07 Å². The number of rotatable bonds is 2. The molecule has 3 aromatic rings. The smallest absolute Gasteiger partial charge is 0.244 e. The van der Waals surface area contributed by atoms with Crippen LogP contribution in [0.5, 0.6) is 5.88 Å². The number of nitrogens with two attached hydrogens (primary N) is 1. The molecule has 0 saturated carbocycles. The predicted octanol–water partition coefficient (Wildman–Crippen LogP) is 3.57. The molecule has 0 spiro atoms. The van der Waals surface area contributed by atoms with Gasteiger partial charge in [0.25, 0.3) is 0 Å². The van der Waals surface area contributed by atoms with Gasteiger partial charge in [-0.2, -0.15) is 5.26 Å². The van der Waals surface area contributed by atoms with Crippen molar-refractivity contribution in [1.82, 2.24) is 10.2 Å². The summed E-state index contributed by atoms with van der Waals surface area (Å²) in [7, 11) is 0. The Labute approximate surface area is 147 Å². The van der Waals surface area contributed by atoms with Gasteiger partial charge in [-0.3, -0.25) is 5.10 Å². The van der Waals surface area contributed by atoms with Gasteiger partial charge < -0.3 is 10.5 Å². The minimum absolute atomic E-state index is 0.0694. The number of nitriles is 1. The second kappa shape index (κ2) is 6.01. The van der Waals surface area contributed by atoms with Gasteiger partial charge in [0.15, 0.2) is 0 Å². The van der Waals surface area contributed by atoms with Crippen molar-refractivity contribution >= 4 is 0 Å². The average molecular weight is 350 g/mol. The van der Waals surface area contributed by atoms with Crippen LogP contribution >= 0.6 is 0 Å². The van der Waals surface area contributed by atoms with Crippen molar-refractivity contribution < 1.29 is 13.5 Å². The number of ether oxygens (including phenoxy) is 1. The van der Waals surface area contributed by atoms with Gasteiger partial charge >= 0.3 is 0 Å². The Balaban J connectivity index is 2.02. The van der Waals surface area contributed by atoms with Crippen LogP contribution in [0.4, 0.5) is 8.78 Å². The lowest BCUT2D eigenvalue weighted by Gasteiger charge is -2.24. The second-order valence-electron chi connectivity index (χ2n) is 5.74. The minimum Gasteiger partial charge on any atom is -0.420 e. The number of hydrogen-bond acceptors (Lipinski definition) is 4. The van der Waals surface area contributed by atoms with Gasteiger partial charge in [0.1, 0.15) is 23.3 Å². The molecule has 1 aromatic heterocycles. The quantitative estimate of drug-likeness (QED) is 0.739. The van der Waals surface area contributed by atoms with Crippen molar-refractivity contribution in [3.63, 3.8) is 0 Å². The van der Waals surface area contributed by atoms with E-state index in [1.807, 2.05) is 36.4 Å². The van der Waals surface area contributed by atoms with E-state index < -0.39 is 17.6 Å². The van der Waals surface area contributed by atoms with Crippen molar-refractivity contribution in [2.24, 2.45) is 5.73 Å². The lowest BCUT2D eigenvalue weighted by molar-refractivity contribution is 0.376. The number of benzene rings is 2. The van der Waals surface area contributed by atoms with Gasteiger partial charge in [0.2, 0.25) is 11.8 Å². The Morgan fingerprint density at radius 2 is 1.73 bits per heavy atom. The maximum absolute atomic E-state index is 14.5. The molecule has 1 atom stereocenters. The number of fused-ring (bicyclic) bond motifs is 1. The summed E-state index contributed by atoms with van der Waals surface area (Å²) < 4.78 is 34.5. The summed E-state index contributed by atoms with van der Waals surface area (Å²) >= 11 is 0. The third-order valence-electron chi connectivity index (χ3n) is 4.29. The number of aromatic amines is 1. The van der Waals surface area contributed by atoms with Crippen LogP contribution < -0.4 is 10.5 Å². The maximum Gasteiger partial charge on any atom is 0.244 e. The van der Waals surface area contributed by atoms with Crippen LogP contribution in [-0.4, -0.2) is 10.2 Å². The van der Waals surface area contributed by atoms with Crippen LogP contribution in [-0.2, 0) is 0 Å². The second-order valence-corrected chi connectivity index (χ2v) is 5.74. The van der Waals surface area contributed by atoms with Crippen molar-refractivity contribution in [2.45, 2.75) is 5.92 Å². The van der Waals surface area contributed by atoms with E-state index in [0.29, 0.717) is 11.3 Å². The molecule has 128 valence electrons. The van der Waals surface area contributed by atoms with E-state index in [0.717, 1.165) is 17.7 Å². The van der Waals surface area contributed by atoms with Crippen LogP contribution in [0.25, 0.3) is 11.3 Å². The normalized spacial score (nSPS) is 16.0. The molecule has 2 heterocycles. The van der Waals surface area contributed by atoms with E-state index in [9.17, 15) is 14.0 Å². The Morgan fingerprint density at radius 3 is 2.38 bits per heavy atom. The van der Waals surface area contributed by atoms with Crippen LogP contribution in [0.2, 0.25) is 0 Å². The molecule has 0 amide bonds. The topological polar surface area (TPSA) is 87.7 Å². The molecule has 0 bridgehead atoms. The lowest BCUT2D eigenvalue weighted by atomic mass is 9.82. The molecular formula is C19H12F2N4O. The zero-order chi connectivity index (χ0) is 18.3. The van der Waals surface area contributed by atoms with Crippen LogP contribution in [0, 0.1) is 23.0 Å². The number of halogens is 2. The maximum atomic E-state index is 14.5. The number of allylic oxidation sites excluding steroid dienone is 1. The fourth-order valence-corrected chi connectivity index (χ4v) is 3.15. The Kier molecular flexibility index (Phi) is 3.66. The molecule has 1 aliphatic heterocycles. The number of hydrogen-bond donors (Lipinski definition) is 2. The minimum atomic E-state index is -1.07. The van der Waals surface area contributed by atoms with Crippen LogP contribution in [0.1, 0.15) is 17.0 Å². The summed E-state index contributed by atoms with van der Waals surface area (Å²) in [4.78, 5) is 0. The Hall–Kier alpha value is -3.66. The SMILES string of the molecule is N#CC1=C(N)Oc2n[nH]c(-c3ccccc3)c2[C@@H]1c1c(F)cccc1F. The standard InChI is InChI=1S/C19H12F2N4O/c20-12-7-4-8-13(21)15(12)14-11(9-22)18(23)26-19-16(14)17(24-25-19)10-5-2-1-3-6-10/h1-8,14H,23H2,(H,24,25)/t14-/m0/s1. The third-order valence-corrected chi connectivity index (χ3v) is 4.29. The zero-order valence-electron chi connectivity index (χ0n) is 13.3. The van der Waals surface area contributed by atoms with Crippen molar-refractivity contribution in [3.8, 4) is 23.2 Å². The molecule has 1 aliphatic rings. The van der Waals surface area contributed by atoms with Gasteiger partial charge in [-0.1, -0.05) is 36.4 Å². The molecule has 0 fully saturated rings. The Morgan fingerprint density at radius 1 is 1.04 bits per heavy atom. The summed E-state index contributed by atoms with van der Waals surface area (Å²) in [6.07, 6.45) is 0. The molecule has 7 heteroatoms. The Bertz CT molecular complexity index is 1050. The number of H-pyrrole nitrogens is 1. The highest BCUT2D eigenvalue weighted by atomic mass is 19.1. The first-order chi connectivity index (χ1) is 12.6. The fourth-order valence-electron chi connectivity index (χ4n) is 3.15. The van der Waals surface area contributed by atoms with E-state index in [-0.39, 0.29) is 22.9 Å². The highest BCUT2D eigenvalue weighted by Gasteiger charge is 2.38. The van der Waals surface area contributed by atoms with Gasteiger partial charge in [-0.15, -0.1) is 5.10 Å². The van der Waals surface area contributed by atoms with Crippen molar-refractivity contribution in [2.75, 3.05) is 0 Å². The molecule has 4 rings (SSSR count).